The highest BCUT2D eigenvalue weighted by molar-refractivity contribution is 4.71. The molecule has 0 aliphatic carbocycles. The first-order chi connectivity index (χ1) is 4.29. The van der Waals surface area contributed by atoms with Gasteiger partial charge in [-0.05, 0) is 14.1 Å². The van der Waals surface area contributed by atoms with Gasteiger partial charge >= 0.3 is 0 Å². The van der Waals surface area contributed by atoms with Crippen molar-refractivity contribution in [1.29, 1.82) is 0 Å². The molecule has 3 heteroatoms. The fourth-order valence-electron chi connectivity index (χ4n) is 0.656. The topological polar surface area (TPSA) is 21.7 Å². The highest BCUT2D eigenvalue weighted by Gasteiger charge is 2.11. The van der Waals surface area contributed by atoms with Crippen LogP contribution in [0.5, 0.6) is 0 Å². The molecule has 9 heavy (non-hydrogen) atoms. The SMILES string of the molecule is CN(C)CC1OC=CO1. The minimum Gasteiger partial charge on any atom is -0.458 e. The minimum atomic E-state index is -0.0972. The Bertz CT molecular complexity index is 104. The molecule has 1 aliphatic heterocycles. The molecule has 0 aromatic carbocycles. The van der Waals surface area contributed by atoms with E-state index in [0.29, 0.717) is 0 Å². The van der Waals surface area contributed by atoms with Gasteiger partial charge in [0.2, 0.25) is 0 Å². The highest BCUT2D eigenvalue weighted by atomic mass is 16.7. The molecule has 3 nitrogen and oxygen atoms in total. The molecular formula is C6H11NO2. The van der Waals surface area contributed by atoms with Crippen LogP contribution in [0, 0.1) is 0 Å². The third kappa shape index (κ3) is 1.93. The van der Waals surface area contributed by atoms with Gasteiger partial charge in [0.15, 0.2) is 0 Å². The van der Waals surface area contributed by atoms with Crippen molar-refractivity contribution in [3.63, 3.8) is 0 Å². The van der Waals surface area contributed by atoms with Crippen molar-refractivity contribution >= 4 is 0 Å². The molecule has 0 aromatic heterocycles. The number of ether oxygens (including phenoxy) is 2. The van der Waals surface area contributed by atoms with E-state index >= 15 is 0 Å². The summed E-state index contributed by atoms with van der Waals surface area (Å²) in [6, 6.07) is 0. The quantitative estimate of drug-likeness (QED) is 0.538. The van der Waals surface area contributed by atoms with Gasteiger partial charge in [-0.2, -0.15) is 0 Å². The Morgan fingerprint density at radius 2 is 1.89 bits per heavy atom. The van der Waals surface area contributed by atoms with Crippen LogP contribution in [0.3, 0.4) is 0 Å². The zero-order valence-corrected chi connectivity index (χ0v) is 5.70. The van der Waals surface area contributed by atoms with E-state index in [9.17, 15) is 0 Å². The Kier molecular flexibility index (Phi) is 1.95. The average Bonchev–Trinajstić information content (AvgIpc) is 2.15. The molecule has 0 saturated heterocycles. The van der Waals surface area contributed by atoms with E-state index in [2.05, 4.69) is 0 Å². The summed E-state index contributed by atoms with van der Waals surface area (Å²) in [4.78, 5) is 2.01. The van der Waals surface area contributed by atoms with Crippen LogP contribution in [0.4, 0.5) is 0 Å². The molecule has 0 fully saturated rings. The Hall–Kier alpha value is -0.700. The van der Waals surface area contributed by atoms with E-state index in [1.165, 1.54) is 0 Å². The summed E-state index contributed by atoms with van der Waals surface area (Å²) in [7, 11) is 3.95. The lowest BCUT2D eigenvalue weighted by atomic mass is 10.6. The summed E-state index contributed by atoms with van der Waals surface area (Å²) in [6.45, 7) is 0.799. The molecular weight excluding hydrogens is 118 g/mol. The van der Waals surface area contributed by atoms with Crippen molar-refractivity contribution in [3.05, 3.63) is 12.5 Å². The van der Waals surface area contributed by atoms with E-state index in [-0.39, 0.29) is 6.29 Å². The molecule has 0 amide bonds. The van der Waals surface area contributed by atoms with E-state index < -0.39 is 0 Å². The third-order valence-corrected chi connectivity index (χ3v) is 1.03. The summed E-state index contributed by atoms with van der Waals surface area (Å²) < 4.78 is 10.0. The monoisotopic (exact) mass is 129 g/mol. The van der Waals surface area contributed by atoms with Crippen molar-refractivity contribution in [2.45, 2.75) is 6.29 Å². The number of hydrogen-bond donors (Lipinski definition) is 0. The van der Waals surface area contributed by atoms with Crippen molar-refractivity contribution in [2.24, 2.45) is 0 Å². The molecule has 0 saturated carbocycles. The van der Waals surface area contributed by atoms with E-state index in [1.54, 1.807) is 12.5 Å². The Balaban J connectivity index is 2.14. The van der Waals surface area contributed by atoms with Crippen LogP contribution in [-0.2, 0) is 9.47 Å². The molecule has 0 unspecified atom stereocenters. The summed E-state index contributed by atoms with van der Waals surface area (Å²) in [5.41, 5.74) is 0. The smallest absolute Gasteiger partial charge is 0.252 e. The molecule has 1 aliphatic rings. The van der Waals surface area contributed by atoms with Crippen LogP contribution in [0.2, 0.25) is 0 Å². The number of likely N-dealkylation sites (N-methyl/N-ethyl adjacent to an activating group) is 1. The molecule has 0 spiro atoms. The van der Waals surface area contributed by atoms with Crippen LogP contribution >= 0.6 is 0 Å². The van der Waals surface area contributed by atoms with Gasteiger partial charge in [-0.25, -0.2) is 0 Å². The average molecular weight is 129 g/mol. The Morgan fingerprint density at radius 1 is 1.33 bits per heavy atom. The zero-order valence-electron chi connectivity index (χ0n) is 5.70. The van der Waals surface area contributed by atoms with Gasteiger partial charge in [0, 0.05) is 0 Å². The van der Waals surface area contributed by atoms with Gasteiger partial charge in [0.25, 0.3) is 6.29 Å². The van der Waals surface area contributed by atoms with Gasteiger partial charge < -0.3 is 14.4 Å². The van der Waals surface area contributed by atoms with Crippen molar-refractivity contribution in [2.75, 3.05) is 20.6 Å². The van der Waals surface area contributed by atoms with E-state index in [1.807, 2.05) is 19.0 Å². The fraction of sp³-hybridized carbons (Fsp3) is 0.667. The van der Waals surface area contributed by atoms with Crippen molar-refractivity contribution < 1.29 is 9.47 Å². The maximum Gasteiger partial charge on any atom is 0.252 e. The fourth-order valence-corrected chi connectivity index (χ4v) is 0.656. The number of nitrogens with zero attached hydrogens (tertiary/aromatic N) is 1. The lowest BCUT2D eigenvalue weighted by Crippen LogP contribution is -2.26. The van der Waals surface area contributed by atoms with Gasteiger partial charge in [0.1, 0.15) is 12.5 Å². The first kappa shape index (κ1) is 6.42. The second-order valence-electron chi connectivity index (χ2n) is 2.24. The third-order valence-electron chi connectivity index (χ3n) is 1.03. The predicted molar refractivity (Wildman–Crippen MR) is 33.7 cm³/mol. The van der Waals surface area contributed by atoms with Gasteiger partial charge in [-0.15, -0.1) is 0 Å². The maximum atomic E-state index is 5.02. The molecule has 0 aromatic rings. The zero-order chi connectivity index (χ0) is 6.69. The molecule has 0 bridgehead atoms. The summed E-state index contributed by atoms with van der Waals surface area (Å²) in [5, 5.41) is 0. The number of hydrogen-bond acceptors (Lipinski definition) is 3. The van der Waals surface area contributed by atoms with Crippen LogP contribution < -0.4 is 0 Å². The summed E-state index contributed by atoms with van der Waals surface area (Å²) >= 11 is 0. The molecule has 0 N–H and O–H groups in total. The lowest BCUT2D eigenvalue weighted by molar-refractivity contribution is -0.0372. The van der Waals surface area contributed by atoms with Crippen LogP contribution in [0.15, 0.2) is 12.5 Å². The van der Waals surface area contributed by atoms with E-state index in [4.69, 9.17) is 9.47 Å². The molecule has 0 atom stereocenters. The lowest BCUT2D eigenvalue weighted by Gasteiger charge is -2.14. The first-order valence-electron chi connectivity index (χ1n) is 2.90. The second-order valence-corrected chi connectivity index (χ2v) is 2.24. The summed E-state index contributed by atoms with van der Waals surface area (Å²) in [6.07, 6.45) is 3.03. The van der Waals surface area contributed by atoms with Crippen LogP contribution in [0.1, 0.15) is 0 Å². The minimum absolute atomic E-state index is 0.0972. The molecule has 1 rings (SSSR count). The highest BCUT2D eigenvalue weighted by Crippen LogP contribution is 2.04. The van der Waals surface area contributed by atoms with E-state index in [0.717, 1.165) is 6.54 Å². The molecule has 1 heterocycles. The molecule has 0 radical (unpaired) electrons. The first-order valence-corrected chi connectivity index (χ1v) is 2.90. The Labute approximate surface area is 54.9 Å². The van der Waals surface area contributed by atoms with Gasteiger partial charge in [0.05, 0.1) is 6.54 Å². The number of rotatable bonds is 2. The van der Waals surface area contributed by atoms with Crippen molar-refractivity contribution in [3.8, 4) is 0 Å². The predicted octanol–water partition coefficient (Wildman–Crippen LogP) is 0.392. The normalized spacial score (nSPS) is 18.1. The van der Waals surface area contributed by atoms with Gasteiger partial charge in [-0.3, -0.25) is 0 Å². The standard InChI is InChI=1S/C6H11NO2/c1-7(2)5-6-8-3-4-9-6/h3-4,6H,5H2,1-2H3. The van der Waals surface area contributed by atoms with Crippen LogP contribution in [-0.4, -0.2) is 31.8 Å². The molecule has 52 valence electrons. The van der Waals surface area contributed by atoms with Crippen molar-refractivity contribution in [1.82, 2.24) is 4.90 Å². The van der Waals surface area contributed by atoms with Gasteiger partial charge in [-0.1, -0.05) is 0 Å². The maximum absolute atomic E-state index is 5.02. The van der Waals surface area contributed by atoms with Crippen LogP contribution in [0.25, 0.3) is 0 Å². The second kappa shape index (κ2) is 2.73. The Morgan fingerprint density at radius 3 is 2.33 bits per heavy atom. The largest absolute Gasteiger partial charge is 0.458 e. The summed E-state index contributed by atoms with van der Waals surface area (Å²) in [5.74, 6) is 0.